The van der Waals surface area contributed by atoms with Crippen molar-refractivity contribution in [3.8, 4) is 0 Å². The van der Waals surface area contributed by atoms with Gasteiger partial charge in [0.05, 0.1) is 11.7 Å². The minimum Gasteiger partial charge on any atom is -0.367 e. The van der Waals surface area contributed by atoms with Gasteiger partial charge in [0.1, 0.15) is 17.7 Å². The van der Waals surface area contributed by atoms with Crippen LogP contribution in [-0.2, 0) is 4.74 Å². The lowest BCUT2D eigenvalue weighted by Crippen LogP contribution is -2.23. The number of hydrogen-bond acceptors (Lipinski definition) is 2. The topological polar surface area (TPSA) is 26.3 Å². The maximum Gasteiger partial charge on any atom is 0.197 e. The summed E-state index contributed by atoms with van der Waals surface area (Å²) in [5.41, 5.74) is -0.204. The van der Waals surface area contributed by atoms with Crippen LogP contribution in [0.25, 0.3) is 0 Å². The van der Waals surface area contributed by atoms with E-state index in [1.165, 1.54) is 13.0 Å². The van der Waals surface area contributed by atoms with Gasteiger partial charge >= 0.3 is 0 Å². The van der Waals surface area contributed by atoms with Gasteiger partial charge in [0.2, 0.25) is 0 Å². The van der Waals surface area contributed by atoms with E-state index >= 15 is 0 Å². The van der Waals surface area contributed by atoms with Gasteiger partial charge in [-0.2, -0.15) is 0 Å². The molecule has 2 rings (SSSR count). The van der Waals surface area contributed by atoms with Gasteiger partial charge in [-0.3, -0.25) is 4.79 Å². The van der Waals surface area contributed by atoms with Crippen molar-refractivity contribution < 1.29 is 18.3 Å². The Balaban J connectivity index is 2.34. The van der Waals surface area contributed by atoms with Gasteiger partial charge in [-0.05, 0) is 38.3 Å². The molecule has 0 saturated carbocycles. The minimum absolute atomic E-state index is 0.0279. The predicted molar refractivity (Wildman–Crippen MR) is 59.0 cm³/mol. The van der Waals surface area contributed by atoms with Crippen LogP contribution in [0, 0.1) is 18.6 Å². The second-order valence-electron chi connectivity index (χ2n) is 4.43. The van der Waals surface area contributed by atoms with E-state index < -0.39 is 29.1 Å². The number of hydrogen-bond donors (Lipinski definition) is 0. The smallest absolute Gasteiger partial charge is 0.197 e. The number of rotatable bonds is 2. The lowest BCUT2D eigenvalue weighted by Gasteiger charge is -2.12. The Labute approximate surface area is 98.6 Å². The molecule has 1 heterocycles. The van der Waals surface area contributed by atoms with Crippen LogP contribution in [-0.4, -0.2) is 18.0 Å². The lowest BCUT2D eigenvalue weighted by molar-refractivity contribution is 0.0426. The number of benzene rings is 1. The number of aryl methyl sites for hydroxylation is 1. The van der Waals surface area contributed by atoms with E-state index in [0.29, 0.717) is 6.42 Å². The summed E-state index contributed by atoms with van der Waals surface area (Å²) in [7, 11) is 0. The van der Waals surface area contributed by atoms with Crippen LogP contribution in [0.1, 0.15) is 35.7 Å². The standard InChI is InChI=1S/C13H14F2O2/c1-7-3-5-9(14)11(12(7)15)13(16)10-6-4-8(2)17-10/h3,5,8,10H,4,6H2,1-2H3. The third-order valence-electron chi connectivity index (χ3n) is 3.05. The molecular weight excluding hydrogens is 226 g/mol. The minimum atomic E-state index is -0.818. The molecule has 2 unspecified atom stereocenters. The molecule has 1 aromatic rings. The van der Waals surface area contributed by atoms with Crippen molar-refractivity contribution >= 4 is 5.78 Å². The first-order chi connectivity index (χ1) is 8.00. The quantitative estimate of drug-likeness (QED) is 0.743. The summed E-state index contributed by atoms with van der Waals surface area (Å²) in [5.74, 6) is -2.19. The van der Waals surface area contributed by atoms with Gasteiger partial charge in [-0.15, -0.1) is 0 Å². The highest BCUT2D eigenvalue weighted by atomic mass is 19.1. The van der Waals surface area contributed by atoms with Crippen molar-refractivity contribution in [3.05, 3.63) is 34.9 Å². The van der Waals surface area contributed by atoms with Gasteiger partial charge in [0.25, 0.3) is 0 Å². The Morgan fingerprint density at radius 3 is 2.65 bits per heavy atom. The number of ether oxygens (including phenoxy) is 1. The van der Waals surface area contributed by atoms with Gasteiger partial charge in [0, 0.05) is 0 Å². The molecule has 2 nitrogen and oxygen atoms in total. The Morgan fingerprint density at radius 1 is 1.35 bits per heavy atom. The van der Waals surface area contributed by atoms with Crippen LogP contribution in [0.3, 0.4) is 0 Å². The lowest BCUT2D eigenvalue weighted by atomic mass is 10.0. The number of carbonyl (C=O) groups excluding carboxylic acids is 1. The van der Waals surface area contributed by atoms with Gasteiger partial charge in [-0.25, -0.2) is 8.78 Å². The average Bonchev–Trinajstić information content (AvgIpc) is 2.71. The van der Waals surface area contributed by atoms with Crippen molar-refractivity contribution in [2.75, 3.05) is 0 Å². The number of ketones is 1. The zero-order valence-corrected chi connectivity index (χ0v) is 9.80. The molecule has 1 aliphatic heterocycles. The van der Waals surface area contributed by atoms with Crippen molar-refractivity contribution in [1.29, 1.82) is 0 Å². The van der Waals surface area contributed by atoms with E-state index in [-0.39, 0.29) is 11.7 Å². The molecule has 0 amide bonds. The van der Waals surface area contributed by atoms with E-state index in [1.807, 2.05) is 6.92 Å². The fourth-order valence-electron chi connectivity index (χ4n) is 2.04. The Hall–Kier alpha value is -1.29. The van der Waals surface area contributed by atoms with E-state index in [4.69, 9.17) is 4.74 Å². The van der Waals surface area contributed by atoms with Crippen molar-refractivity contribution in [2.24, 2.45) is 0 Å². The van der Waals surface area contributed by atoms with E-state index in [9.17, 15) is 13.6 Å². The van der Waals surface area contributed by atoms with Crippen molar-refractivity contribution in [2.45, 2.75) is 38.9 Å². The number of carbonyl (C=O) groups is 1. The SMILES string of the molecule is Cc1ccc(F)c(C(=O)C2CCC(C)O2)c1F. The van der Waals surface area contributed by atoms with E-state index in [2.05, 4.69) is 0 Å². The maximum absolute atomic E-state index is 13.7. The second kappa shape index (κ2) is 4.53. The van der Waals surface area contributed by atoms with Crippen LogP contribution >= 0.6 is 0 Å². The third kappa shape index (κ3) is 2.22. The van der Waals surface area contributed by atoms with Crippen LogP contribution in [0.15, 0.2) is 12.1 Å². The van der Waals surface area contributed by atoms with Gasteiger partial charge < -0.3 is 4.74 Å². The van der Waals surface area contributed by atoms with Crippen LogP contribution in [0.4, 0.5) is 8.78 Å². The molecule has 1 saturated heterocycles. The Kier molecular flexibility index (Phi) is 3.24. The fourth-order valence-corrected chi connectivity index (χ4v) is 2.04. The molecular formula is C13H14F2O2. The summed E-state index contributed by atoms with van der Waals surface area (Å²) in [5, 5.41) is 0. The summed E-state index contributed by atoms with van der Waals surface area (Å²) in [6.07, 6.45) is 0.522. The molecule has 17 heavy (non-hydrogen) atoms. The summed E-state index contributed by atoms with van der Waals surface area (Å²) in [6, 6.07) is 2.43. The zero-order valence-electron chi connectivity index (χ0n) is 9.80. The molecule has 0 spiro atoms. The monoisotopic (exact) mass is 240 g/mol. The highest BCUT2D eigenvalue weighted by Gasteiger charge is 2.32. The highest BCUT2D eigenvalue weighted by molar-refractivity contribution is 6.00. The predicted octanol–water partition coefficient (Wildman–Crippen LogP) is 3.02. The number of Topliss-reactive ketones (excluding diaryl/α,β-unsaturated/α-hetero) is 1. The molecule has 1 aromatic carbocycles. The molecule has 92 valence electrons. The van der Waals surface area contributed by atoms with E-state index in [0.717, 1.165) is 12.5 Å². The van der Waals surface area contributed by atoms with Crippen LogP contribution in [0.2, 0.25) is 0 Å². The summed E-state index contributed by atoms with van der Waals surface area (Å²) in [4.78, 5) is 12.0. The Morgan fingerprint density at radius 2 is 2.06 bits per heavy atom. The molecule has 0 aliphatic carbocycles. The molecule has 1 fully saturated rings. The molecule has 2 atom stereocenters. The average molecular weight is 240 g/mol. The highest BCUT2D eigenvalue weighted by Crippen LogP contribution is 2.25. The molecule has 0 radical (unpaired) electrons. The zero-order chi connectivity index (χ0) is 12.6. The van der Waals surface area contributed by atoms with Crippen molar-refractivity contribution in [1.82, 2.24) is 0 Å². The first-order valence-corrected chi connectivity index (χ1v) is 5.65. The van der Waals surface area contributed by atoms with Crippen molar-refractivity contribution in [3.63, 3.8) is 0 Å². The third-order valence-corrected chi connectivity index (χ3v) is 3.05. The summed E-state index contributed by atoms with van der Waals surface area (Å²) in [6.45, 7) is 3.35. The first kappa shape index (κ1) is 12.2. The van der Waals surface area contributed by atoms with Crippen LogP contribution < -0.4 is 0 Å². The van der Waals surface area contributed by atoms with Crippen LogP contribution in [0.5, 0.6) is 0 Å². The molecule has 1 aliphatic rings. The summed E-state index contributed by atoms with van der Waals surface area (Å²) < 4.78 is 32.6. The molecule has 4 heteroatoms. The van der Waals surface area contributed by atoms with Gasteiger partial charge in [0.15, 0.2) is 5.78 Å². The normalized spacial score (nSPS) is 24.0. The molecule has 0 bridgehead atoms. The number of halogens is 2. The first-order valence-electron chi connectivity index (χ1n) is 5.65. The Bertz CT molecular complexity index is 457. The van der Waals surface area contributed by atoms with Gasteiger partial charge in [-0.1, -0.05) is 6.07 Å². The molecule has 0 N–H and O–H groups in total. The fraction of sp³-hybridized carbons (Fsp3) is 0.462. The van der Waals surface area contributed by atoms with E-state index in [1.54, 1.807) is 0 Å². The molecule has 0 aromatic heterocycles. The largest absolute Gasteiger partial charge is 0.367 e. The maximum atomic E-state index is 13.7. The summed E-state index contributed by atoms with van der Waals surface area (Å²) >= 11 is 0. The second-order valence-corrected chi connectivity index (χ2v) is 4.43.